The molecule has 1 aromatic rings. The number of nitrogens with two attached hydrogens (primary N) is 1. The van der Waals surface area contributed by atoms with E-state index in [1.165, 1.54) is 6.07 Å². The fourth-order valence-electron chi connectivity index (χ4n) is 0.736. The lowest BCUT2D eigenvalue weighted by Crippen LogP contribution is -2.14. The van der Waals surface area contributed by atoms with Crippen LogP contribution in [0.15, 0.2) is 10.7 Å². The minimum Gasteiger partial charge on any atom is -0.463 e. The number of anilines is 1. The van der Waals surface area contributed by atoms with Gasteiger partial charge in [-0.15, -0.1) is 0 Å². The Kier molecular flexibility index (Phi) is 3.72. The normalized spacial score (nSPS) is 11.5. The summed E-state index contributed by atoms with van der Waals surface area (Å²) >= 11 is 3.01. The quantitative estimate of drug-likeness (QED) is 0.865. The summed E-state index contributed by atoms with van der Waals surface area (Å²) in [6.45, 7) is -0.528. The molecule has 0 atom stereocenters. The molecule has 0 aliphatic rings. The minimum absolute atomic E-state index is 0.124. The Morgan fingerprint density at radius 1 is 1.40 bits per heavy atom. The first kappa shape index (κ1) is 12.0. The second kappa shape index (κ2) is 4.65. The molecule has 0 aromatic carbocycles. The molecule has 0 spiro atoms. The average molecular weight is 286 g/mol. The number of aromatic nitrogens is 2. The highest BCUT2D eigenvalue weighted by Crippen LogP contribution is 2.20. The van der Waals surface area contributed by atoms with E-state index in [2.05, 4.69) is 25.9 Å². The van der Waals surface area contributed by atoms with Crippen LogP contribution in [0.5, 0.6) is 6.01 Å². The average Bonchev–Trinajstić information content (AvgIpc) is 1.99. The third kappa shape index (κ3) is 4.82. The number of rotatable bonds is 3. The molecule has 0 bridgehead atoms. The van der Waals surface area contributed by atoms with E-state index in [9.17, 15) is 13.2 Å². The lowest BCUT2D eigenvalue weighted by Gasteiger charge is -2.07. The smallest absolute Gasteiger partial charge is 0.392 e. The van der Waals surface area contributed by atoms with Crippen molar-refractivity contribution in [2.75, 3.05) is 12.3 Å². The largest absolute Gasteiger partial charge is 0.463 e. The zero-order chi connectivity index (χ0) is 11.5. The predicted octanol–water partition coefficient (Wildman–Crippen LogP) is 2.15. The van der Waals surface area contributed by atoms with Crippen molar-refractivity contribution >= 4 is 21.7 Å². The number of nitrogens with zero attached hydrogens (tertiary/aromatic N) is 2. The summed E-state index contributed by atoms with van der Waals surface area (Å²) in [6.07, 6.45) is -5.31. The molecule has 0 saturated heterocycles. The Hall–Kier alpha value is -1.05. The molecule has 0 aliphatic carbocycles. The van der Waals surface area contributed by atoms with Gasteiger partial charge in [-0.3, -0.25) is 0 Å². The fourth-order valence-corrected chi connectivity index (χ4v) is 1.12. The Morgan fingerprint density at radius 3 is 2.60 bits per heavy atom. The van der Waals surface area contributed by atoms with Crippen LogP contribution in [-0.2, 0) is 0 Å². The van der Waals surface area contributed by atoms with Gasteiger partial charge in [-0.25, -0.2) is 0 Å². The van der Waals surface area contributed by atoms with Crippen molar-refractivity contribution in [2.45, 2.75) is 12.6 Å². The molecule has 0 unspecified atom stereocenters. The first-order valence-corrected chi connectivity index (χ1v) is 4.66. The van der Waals surface area contributed by atoms with E-state index in [-0.39, 0.29) is 11.8 Å². The molecule has 0 amide bonds. The molecule has 4 nitrogen and oxygen atoms in total. The van der Waals surface area contributed by atoms with Gasteiger partial charge in [-0.2, -0.15) is 23.1 Å². The van der Waals surface area contributed by atoms with Crippen LogP contribution in [0.2, 0.25) is 0 Å². The van der Waals surface area contributed by atoms with Crippen LogP contribution in [-0.4, -0.2) is 22.8 Å². The van der Waals surface area contributed by atoms with E-state index in [1.807, 2.05) is 0 Å². The van der Waals surface area contributed by atoms with Crippen molar-refractivity contribution < 1.29 is 17.9 Å². The van der Waals surface area contributed by atoms with Crippen LogP contribution in [0.3, 0.4) is 0 Å². The molecular weight excluding hydrogens is 279 g/mol. The van der Waals surface area contributed by atoms with Crippen LogP contribution >= 0.6 is 15.9 Å². The van der Waals surface area contributed by atoms with Gasteiger partial charge < -0.3 is 10.5 Å². The summed E-state index contributed by atoms with van der Waals surface area (Å²) in [5.41, 5.74) is 5.33. The number of halogens is 4. The molecule has 0 saturated carbocycles. The number of alkyl halides is 3. The summed E-state index contributed by atoms with van der Waals surface area (Å²) in [4.78, 5) is 7.29. The fraction of sp³-hybridized carbons (Fsp3) is 0.429. The second-order valence-corrected chi connectivity index (χ2v) is 3.42. The first-order valence-electron chi connectivity index (χ1n) is 3.86. The van der Waals surface area contributed by atoms with Crippen molar-refractivity contribution in [3.8, 4) is 6.01 Å². The van der Waals surface area contributed by atoms with Crippen LogP contribution in [0.25, 0.3) is 0 Å². The zero-order valence-electron chi connectivity index (χ0n) is 7.38. The Morgan fingerprint density at radius 2 is 2.07 bits per heavy atom. The number of hydrogen-bond donors (Lipinski definition) is 1. The van der Waals surface area contributed by atoms with Gasteiger partial charge in [-0.1, -0.05) is 0 Å². The molecule has 84 valence electrons. The lowest BCUT2D eigenvalue weighted by atomic mass is 10.4. The highest BCUT2D eigenvalue weighted by atomic mass is 79.9. The van der Waals surface area contributed by atoms with Crippen molar-refractivity contribution in [1.82, 2.24) is 9.97 Å². The SMILES string of the molecule is Nc1cc(Br)nc(OCCC(F)(F)F)n1. The minimum atomic E-state index is -4.25. The van der Waals surface area contributed by atoms with E-state index in [1.54, 1.807) is 0 Å². The summed E-state index contributed by atoms with van der Waals surface area (Å²) in [7, 11) is 0. The molecule has 0 fully saturated rings. The summed E-state index contributed by atoms with van der Waals surface area (Å²) < 4.78 is 40.3. The Bertz CT molecular complexity index is 324. The van der Waals surface area contributed by atoms with Gasteiger partial charge in [0.15, 0.2) is 0 Å². The van der Waals surface area contributed by atoms with Gasteiger partial charge in [0, 0.05) is 6.07 Å². The van der Waals surface area contributed by atoms with Crippen molar-refractivity contribution in [2.24, 2.45) is 0 Å². The van der Waals surface area contributed by atoms with Gasteiger partial charge in [-0.05, 0) is 15.9 Å². The van der Waals surface area contributed by atoms with E-state index in [0.717, 1.165) is 0 Å². The maximum Gasteiger partial charge on any atom is 0.392 e. The summed E-state index contributed by atoms with van der Waals surface area (Å²) in [5, 5.41) is 0. The maximum absolute atomic E-state index is 11.8. The topological polar surface area (TPSA) is 61.0 Å². The second-order valence-electron chi connectivity index (χ2n) is 2.61. The van der Waals surface area contributed by atoms with Crippen molar-refractivity contribution in [1.29, 1.82) is 0 Å². The Balaban J connectivity index is 2.51. The van der Waals surface area contributed by atoms with Gasteiger partial charge in [0.2, 0.25) is 0 Å². The van der Waals surface area contributed by atoms with Crippen molar-refractivity contribution in [3.05, 3.63) is 10.7 Å². The summed E-state index contributed by atoms with van der Waals surface area (Å²) in [5.74, 6) is 0.124. The standard InChI is InChI=1S/C7H7BrF3N3O/c8-4-3-5(12)14-6(13-4)15-2-1-7(9,10)11/h3H,1-2H2,(H2,12,13,14). The van der Waals surface area contributed by atoms with E-state index >= 15 is 0 Å². The highest BCUT2D eigenvalue weighted by Gasteiger charge is 2.27. The van der Waals surface area contributed by atoms with E-state index in [4.69, 9.17) is 10.5 Å². The molecular formula is C7H7BrF3N3O. The molecule has 1 aromatic heterocycles. The Labute approximate surface area is 91.8 Å². The van der Waals surface area contributed by atoms with E-state index in [0.29, 0.717) is 4.60 Å². The monoisotopic (exact) mass is 285 g/mol. The van der Waals surface area contributed by atoms with Crippen LogP contribution < -0.4 is 10.5 Å². The number of ether oxygens (including phenoxy) is 1. The maximum atomic E-state index is 11.8. The molecule has 1 heterocycles. The first-order chi connectivity index (χ1) is 6.87. The van der Waals surface area contributed by atoms with Gasteiger partial charge in [0.05, 0.1) is 6.42 Å². The van der Waals surface area contributed by atoms with Crippen LogP contribution in [0.1, 0.15) is 6.42 Å². The van der Waals surface area contributed by atoms with E-state index < -0.39 is 19.2 Å². The van der Waals surface area contributed by atoms with Crippen LogP contribution in [0, 0.1) is 0 Å². The molecule has 8 heteroatoms. The van der Waals surface area contributed by atoms with Crippen molar-refractivity contribution in [3.63, 3.8) is 0 Å². The van der Waals surface area contributed by atoms with Gasteiger partial charge >= 0.3 is 12.2 Å². The van der Waals surface area contributed by atoms with Gasteiger partial charge in [0.1, 0.15) is 17.0 Å². The lowest BCUT2D eigenvalue weighted by molar-refractivity contribution is -0.139. The third-order valence-electron chi connectivity index (χ3n) is 1.31. The molecule has 2 N–H and O–H groups in total. The van der Waals surface area contributed by atoms with Gasteiger partial charge in [0.25, 0.3) is 0 Å². The molecule has 1 rings (SSSR count). The number of hydrogen-bond acceptors (Lipinski definition) is 4. The number of nitrogen functional groups attached to an aromatic ring is 1. The van der Waals surface area contributed by atoms with Crippen LogP contribution in [0.4, 0.5) is 19.0 Å². The molecule has 15 heavy (non-hydrogen) atoms. The molecule has 0 aliphatic heterocycles. The zero-order valence-corrected chi connectivity index (χ0v) is 8.97. The third-order valence-corrected chi connectivity index (χ3v) is 1.72. The molecule has 0 radical (unpaired) electrons. The highest BCUT2D eigenvalue weighted by molar-refractivity contribution is 9.10. The summed E-state index contributed by atoms with van der Waals surface area (Å²) in [6, 6.07) is 1.24. The predicted molar refractivity (Wildman–Crippen MR) is 50.3 cm³/mol.